The molecule has 2 aromatic carbocycles. The number of aliphatic hydroxyl groups excluding tert-OH is 1. The molecule has 160 valence electrons. The Balaban J connectivity index is 1.76. The number of benzene rings is 2. The third-order valence-electron chi connectivity index (χ3n) is 5.32. The van der Waals surface area contributed by atoms with Crippen LogP contribution >= 0.6 is 0 Å². The predicted molar refractivity (Wildman–Crippen MR) is 110 cm³/mol. The second-order valence-electron chi connectivity index (χ2n) is 7.13. The van der Waals surface area contributed by atoms with Crippen LogP contribution in [0.25, 0.3) is 0 Å². The first-order chi connectivity index (χ1) is 14.6. The van der Waals surface area contributed by atoms with E-state index in [1.165, 1.54) is 19.1 Å². The third-order valence-corrected chi connectivity index (χ3v) is 5.32. The van der Waals surface area contributed by atoms with E-state index in [2.05, 4.69) is 0 Å². The monoisotopic (exact) mass is 413 g/mol. The second kappa shape index (κ2) is 10.1. The minimum absolute atomic E-state index is 0.158. The molecular weight excluding hydrogens is 386 g/mol. The van der Waals surface area contributed by atoms with Gasteiger partial charge in [0.1, 0.15) is 24.1 Å². The van der Waals surface area contributed by atoms with Crippen molar-refractivity contribution in [3.63, 3.8) is 0 Å². The molecule has 1 amide bonds. The predicted octanol–water partition coefficient (Wildman–Crippen LogP) is 2.51. The Labute approximate surface area is 176 Å². The van der Waals surface area contributed by atoms with Gasteiger partial charge in [0.05, 0.1) is 26.7 Å². The highest BCUT2D eigenvalue weighted by Gasteiger charge is 2.39. The fourth-order valence-corrected chi connectivity index (χ4v) is 3.72. The first kappa shape index (κ1) is 21.6. The van der Waals surface area contributed by atoms with Crippen LogP contribution in [0.4, 0.5) is 0 Å². The summed E-state index contributed by atoms with van der Waals surface area (Å²) in [5.74, 6) is -0.595. The van der Waals surface area contributed by atoms with E-state index in [0.29, 0.717) is 36.4 Å². The first-order valence-electron chi connectivity index (χ1n) is 9.92. The maximum atomic E-state index is 13.3. The van der Waals surface area contributed by atoms with Crippen molar-refractivity contribution in [1.82, 2.24) is 4.90 Å². The molecular formula is C23H27NO6. The number of hydrogen-bond acceptors (Lipinski definition) is 6. The highest BCUT2D eigenvalue weighted by atomic mass is 16.5. The lowest BCUT2D eigenvalue weighted by Gasteiger charge is -2.28. The Bertz CT molecular complexity index is 869. The van der Waals surface area contributed by atoms with Gasteiger partial charge in [0.25, 0.3) is 0 Å². The summed E-state index contributed by atoms with van der Waals surface area (Å²) in [7, 11) is 3.03. The number of nitrogens with zero attached hydrogens (tertiary/aromatic N) is 1. The number of carbonyl (C=O) groups is 2. The zero-order valence-electron chi connectivity index (χ0n) is 17.2. The van der Waals surface area contributed by atoms with Crippen LogP contribution in [0.2, 0.25) is 0 Å². The number of likely N-dealkylation sites (tertiary alicyclic amines) is 1. The minimum atomic E-state index is -0.863. The Morgan fingerprint density at radius 1 is 1.13 bits per heavy atom. The molecule has 0 saturated carbocycles. The van der Waals surface area contributed by atoms with Crippen LogP contribution in [0.15, 0.2) is 48.5 Å². The molecule has 1 fully saturated rings. The molecule has 1 aliphatic heterocycles. The standard InChI is InChI=1S/C23H27NO6/c1-28-17-10-11-21(29-2)18(13-17)19(14-25)22(26)24-12-6-9-20(24)23(27)30-15-16-7-4-3-5-8-16/h3-5,7-8,10-11,13,19-20,25H,6,9,12,14-15H2,1-2H3/t19-,20-/m0/s1. The molecule has 1 saturated heterocycles. The fraction of sp³-hybridized carbons (Fsp3) is 0.391. The number of rotatable bonds is 8. The number of esters is 1. The van der Waals surface area contributed by atoms with Crippen molar-refractivity contribution in [3.05, 3.63) is 59.7 Å². The lowest BCUT2D eigenvalue weighted by Crippen LogP contribution is -2.44. The topological polar surface area (TPSA) is 85.3 Å². The first-order valence-corrected chi connectivity index (χ1v) is 9.92. The van der Waals surface area contributed by atoms with Crippen molar-refractivity contribution in [2.45, 2.75) is 31.4 Å². The largest absolute Gasteiger partial charge is 0.497 e. The summed E-state index contributed by atoms with van der Waals surface area (Å²) in [4.78, 5) is 27.5. The SMILES string of the molecule is COc1ccc(OC)c([C@H](CO)C(=O)N2CCC[C@H]2C(=O)OCc2ccccc2)c1. The van der Waals surface area contributed by atoms with E-state index >= 15 is 0 Å². The van der Waals surface area contributed by atoms with Gasteiger partial charge in [0, 0.05) is 12.1 Å². The quantitative estimate of drug-likeness (QED) is 0.670. The molecule has 1 aliphatic rings. The van der Waals surface area contributed by atoms with Gasteiger partial charge in [0.15, 0.2) is 0 Å². The van der Waals surface area contributed by atoms with Gasteiger partial charge in [0.2, 0.25) is 5.91 Å². The zero-order chi connectivity index (χ0) is 21.5. The molecule has 0 bridgehead atoms. The maximum Gasteiger partial charge on any atom is 0.329 e. The average Bonchev–Trinajstić information content (AvgIpc) is 3.28. The van der Waals surface area contributed by atoms with Crippen molar-refractivity contribution >= 4 is 11.9 Å². The van der Waals surface area contributed by atoms with Crippen LogP contribution in [-0.2, 0) is 20.9 Å². The van der Waals surface area contributed by atoms with E-state index in [9.17, 15) is 14.7 Å². The van der Waals surface area contributed by atoms with Gasteiger partial charge < -0.3 is 24.2 Å². The number of aliphatic hydroxyl groups is 1. The molecule has 1 heterocycles. The lowest BCUT2D eigenvalue weighted by atomic mass is 9.96. The van der Waals surface area contributed by atoms with Crippen molar-refractivity contribution in [2.24, 2.45) is 0 Å². The van der Waals surface area contributed by atoms with Gasteiger partial charge in [-0.15, -0.1) is 0 Å². The van der Waals surface area contributed by atoms with E-state index in [1.54, 1.807) is 18.2 Å². The molecule has 0 unspecified atom stereocenters. The molecule has 0 radical (unpaired) electrons. The molecule has 0 spiro atoms. The van der Waals surface area contributed by atoms with Gasteiger partial charge in [-0.3, -0.25) is 4.79 Å². The van der Waals surface area contributed by atoms with Crippen molar-refractivity contribution in [1.29, 1.82) is 0 Å². The van der Waals surface area contributed by atoms with Crippen LogP contribution in [0.1, 0.15) is 29.9 Å². The van der Waals surface area contributed by atoms with Crippen molar-refractivity contribution in [2.75, 3.05) is 27.4 Å². The van der Waals surface area contributed by atoms with Gasteiger partial charge in [-0.2, -0.15) is 0 Å². The average molecular weight is 413 g/mol. The molecule has 3 rings (SSSR count). The molecule has 2 atom stereocenters. The highest BCUT2D eigenvalue weighted by molar-refractivity contribution is 5.90. The Morgan fingerprint density at radius 2 is 1.90 bits per heavy atom. The molecule has 2 aromatic rings. The van der Waals surface area contributed by atoms with Crippen LogP contribution in [-0.4, -0.2) is 55.3 Å². The Kier molecular flexibility index (Phi) is 7.30. The van der Waals surface area contributed by atoms with Crippen LogP contribution in [0, 0.1) is 0 Å². The molecule has 7 nitrogen and oxygen atoms in total. The summed E-state index contributed by atoms with van der Waals surface area (Å²) in [5, 5.41) is 10.0. The Hall–Kier alpha value is -3.06. The van der Waals surface area contributed by atoms with E-state index in [4.69, 9.17) is 14.2 Å². The van der Waals surface area contributed by atoms with Gasteiger partial charge in [-0.25, -0.2) is 4.79 Å². The molecule has 7 heteroatoms. The summed E-state index contributed by atoms with van der Waals surface area (Å²) in [5.41, 5.74) is 1.41. The van der Waals surface area contributed by atoms with Gasteiger partial charge >= 0.3 is 5.97 Å². The summed E-state index contributed by atoms with van der Waals surface area (Å²) in [6, 6.07) is 13.8. The summed E-state index contributed by atoms with van der Waals surface area (Å²) in [6.07, 6.45) is 1.23. The third kappa shape index (κ3) is 4.74. The number of ether oxygens (including phenoxy) is 3. The van der Waals surface area contributed by atoms with Gasteiger partial charge in [-0.1, -0.05) is 30.3 Å². The fourth-order valence-electron chi connectivity index (χ4n) is 3.72. The molecule has 0 aliphatic carbocycles. The van der Waals surface area contributed by atoms with Crippen molar-refractivity contribution in [3.8, 4) is 11.5 Å². The normalized spacial score (nSPS) is 16.8. The van der Waals surface area contributed by atoms with Gasteiger partial charge in [-0.05, 0) is 36.6 Å². The lowest BCUT2D eigenvalue weighted by molar-refractivity contribution is -0.155. The summed E-state index contributed by atoms with van der Waals surface area (Å²) < 4.78 is 16.1. The number of methoxy groups -OCH3 is 2. The van der Waals surface area contributed by atoms with E-state index in [-0.39, 0.29) is 12.5 Å². The smallest absolute Gasteiger partial charge is 0.329 e. The molecule has 30 heavy (non-hydrogen) atoms. The maximum absolute atomic E-state index is 13.3. The molecule has 1 N–H and O–H groups in total. The van der Waals surface area contributed by atoms with E-state index in [1.807, 2.05) is 30.3 Å². The Morgan fingerprint density at radius 3 is 2.57 bits per heavy atom. The zero-order valence-corrected chi connectivity index (χ0v) is 17.2. The molecule has 0 aromatic heterocycles. The van der Waals surface area contributed by atoms with Crippen LogP contribution < -0.4 is 9.47 Å². The van der Waals surface area contributed by atoms with E-state index in [0.717, 1.165) is 5.56 Å². The summed E-state index contributed by atoms with van der Waals surface area (Å²) in [6.45, 7) is 0.183. The second-order valence-corrected chi connectivity index (χ2v) is 7.13. The van der Waals surface area contributed by atoms with Crippen molar-refractivity contribution < 1.29 is 28.9 Å². The van der Waals surface area contributed by atoms with Crippen LogP contribution in [0.5, 0.6) is 11.5 Å². The highest BCUT2D eigenvalue weighted by Crippen LogP contribution is 2.33. The number of amides is 1. The minimum Gasteiger partial charge on any atom is -0.497 e. The summed E-state index contributed by atoms with van der Waals surface area (Å²) >= 11 is 0. The van der Waals surface area contributed by atoms with Crippen LogP contribution in [0.3, 0.4) is 0 Å². The van der Waals surface area contributed by atoms with E-state index < -0.39 is 24.5 Å². The number of carbonyl (C=O) groups excluding carboxylic acids is 2. The number of hydrogen-bond donors (Lipinski definition) is 1.